The average molecular weight is 341 g/mol. The molecule has 1 aromatic carbocycles. The molecular weight excluding hydrogens is 318 g/mol. The number of nitrogens with zero attached hydrogens (tertiary/aromatic N) is 1. The van der Waals surface area contributed by atoms with Crippen LogP contribution in [0.1, 0.15) is 31.2 Å². The standard InChI is InChI=1S/C20H23NO4/c1-2-11-24-18-7-3-5-15(12-18)14-25-20(23)17-6-4-10-21(13-17)19(22)16-8-9-16/h1,3,5,7,12,16-17H,4,6,8-11,13-14H2/t17-/m1/s1. The fraction of sp³-hybridized carbons (Fsp3) is 0.500. The SMILES string of the molecule is C#CCOc1cccc(COC(=O)[C@@H]2CCCN(C(=O)C3CC3)C2)c1. The van der Waals surface area contributed by atoms with Crippen molar-refractivity contribution in [3.63, 3.8) is 0 Å². The number of hydrogen-bond acceptors (Lipinski definition) is 4. The van der Waals surface area contributed by atoms with E-state index in [2.05, 4.69) is 5.92 Å². The van der Waals surface area contributed by atoms with Crippen molar-refractivity contribution < 1.29 is 19.1 Å². The molecule has 2 aliphatic rings. The number of carbonyl (C=O) groups is 2. The number of esters is 1. The quantitative estimate of drug-likeness (QED) is 0.589. The number of amides is 1. The van der Waals surface area contributed by atoms with Gasteiger partial charge in [-0.15, -0.1) is 6.42 Å². The summed E-state index contributed by atoms with van der Waals surface area (Å²) in [6.07, 6.45) is 8.79. The van der Waals surface area contributed by atoms with Gasteiger partial charge >= 0.3 is 5.97 Å². The Labute approximate surface area is 148 Å². The molecule has 132 valence electrons. The number of terminal acetylenes is 1. The number of likely N-dealkylation sites (tertiary alicyclic amines) is 1. The molecular formula is C20H23NO4. The number of ether oxygens (including phenoxy) is 2. The van der Waals surface area contributed by atoms with Crippen molar-refractivity contribution in [3.05, 3.63) is 29.8 Å². The van der Waals surface area contributed by atoms with Crippen LogP contribution in [0.4, 0.5) is 0 Å². The lowest BCUT2D eigenvalue weighted by atomic mass is 9.98. The predicted molar refractivity (Wildman–Crippen MR) is 92.6 cm³/mol. The van der Waals surface area contributed by atoms with Gasteiger partial charge in [0.1, 0.15) is 19.0 Å². The molecule has 2 fully saturated rings. The lowest BCUT2D eigenvalue weighted by Crippen LogP contribution is -2.43. The van der Waals surface area contributed by atoms with E-state index in [-0.39, 0.29) is 36.9 Å². The van der Waals surface area contributed by atoms with Gasteiger partial charge in [0.25, 0.3) is 0 Å². The highest BCUT2D eigenvalue weighted by Crippen LogP contribution is 2.32. The van der Waals surface area contributed by atoms with Crippen molar-refractivity contribution in [1.29, 1.82) is 0 Å². The third kappa shape index (κ3) is 4.76. The van der Waals surface area contributed by atoms with Gasteiger partial charge in [-0.2, -0.15) is 0 Å². The van der Waals surface area contributed by atoms with Crippen LogP contribution in [0, 0.1) is 24.2 Å². The fourth-order valence-corrected chi connectivity index (χ4v) is 3.08. The topological polar surface area (TPSA) is 55.8 Å². The Bertz CT molecular complexity index is 675. The molecule has 0 unspecified atom stereocenters. The molecule has 1 aliphatic heterocycles. The molecule has 5 nitrogen and oxygen atoms in total. The van der Waals surface area contributed by atoms with E-state index in [9.17, 15) is 9.59 Å². The molecule has 0 aromatic heterocycles. The molecule has 0 spiro atoms. The fourth-order valence-electron chi connectivity index (χ4n) is 3.08. The molecule has 0 radical (unpaired) electrons. The van der Waals surface area contributed by atoms with E-state index < -0.39 is 0 Å². The zero-order valence-corrected chi connectivity index (χ0v) is 14.3. The molecule has 25 heavy (non-hydrogen) atoms. The molecule has 1 saturated heterocycles. The van der Waals surface area contributed by atoms with E-state index in [4.69, 9.17) is 15.9 Å². The number of carbonyl (C=O) groups excluding carboxylic acids is 2. The third-order valence-corrected chi connectivity index (χ3v) is 4.59. The van der Waals surface area contributed by atoms with Crippen LogP contribution in [0.25, 0.3) is 0 Å². The predicted octanol–water partition coefficient (Wildman–Crippen LogP) is 2.39. The normalized spacial score (nSPS) is 19.8. The van der Waals surface area contributed by atoms with Gasteiger partial charge in [-0.3, -0.25) is 9.59 Å². The van der Waals surface area contributed by atoms with Crippen molar-refractivity contribution in [2.75, 3.05) is 19.7 Å². The zero-order valence-electron chi connectivity index (χ0n) is 14.3. The summed E-state index contributed by atoms with van der Waals surface area (Å²) in [5, 5.41) is 0. The summed E-state index contributed by atoms with van der Waals surface area (Å²) in [4.78, 5) is 26.4. The van der Waals surface area contributed by atoms with Gasteiger partial charge in [0, 0.05) is 19.0 Å². The van der Waals surface area contributed by atoms with Crippen molar-refractivity contribution >= 4 is 11.9 Å². The molecule has 1 aromatic rings. The smallest absolute Gasteiger partial charge is 0.311 e. The lowest BCUT2D eigenvalue weighted by Gasteiger charge is -2.31. The molecule has 1 atom stereocenters. The summed E-state index contributed by atoms with van der Waals surface area (Å²) in [6.45, 7) is 1.64. The van der Waals surface area contributed by atoms with E-state index >= 15 is 0 Å². The highest BCUT2D eigenvalue weighted by atomic mass is 16.5. The summed E-state index contributed by atoms with van der Waals surface area (Å²) in [5.74, 6) is 3.01. The van der Waals surface area contributed by atoms with Gasteiger partial charge in [-0.1, -0.05) is 18.1 Å². The minimum Gasteiger partial charge on any atom is -0.481 e. The van der Waals surface area contributed by atoms with Crippen LogP contribution in [-0.4, -0.2) is 36.5 Å². The van der Waals surface area contributed by atoms with Gasteiger partial charge in [0.15, 0.2) is 0 Å². The highest BCUT2D eigenvalue weighted by molar-refractivity contribution is 5.82. The first kappa shape index (κ1) is 17.3. The van der Waals surface area contributed by atoms with E-state index in [1.807, 2.05) is 29.2 Å². The molecule has 1 aliphatic carbocycles. The molecule has 1 saturated carbocycles. The van der Waals surface area contributed by atoms with Gasteiger partial charge in [-0.05, 0) is 43.4 Å². The maximum Gasteiger partial charge on any atom is 0.311 e. The van der Waals surface area contributed by atoms with Crippen LogP contribution in [0.15, 0.2) is 24.3 Å². The molecule has 1 amide bonds. The first-order valence-corrected chi connectivity index (χ1v) is 8.78. The summed E-state index contributed by atoms with van der Waals surface area (Å²) in [5.41, 5.74) is 0.851. The Kier molecular flexibility index (Phi) is 5.60. The molecule has 0 N–H and O–H groups in total. The lowest BCUT2D eigenvalue weighted by molar-refractivity contribution is -0.153. The first-order chi connectivity index (χ1) is 12.2. The van der Waals surface area contributed by atoms with E-state index in [0.29, 0.717) is 12.3 Å². The maximum atomic E-state index is 12.4. The third-order valence-electron chi connectivity index (χ3n) is 4.59. The van der Waals surface area contributed by atoms with Gasteiger partial charge in [-0.25, -0.2) is 0 Å². The van der Waals surface area contributed by atoms with Gasteiger partial charge in [0.2, 0.25) is 5.91 Å². The Morgan fingerprint density at radius 3 is 2.84 bits per heavy atom. The van der Waals surface area contributed by atoms with E-state index in [0.717, 1.165) is 37.8 Å². The highest BCUT2D eigenvalue weighted by Gasteiger charge is 2.37. The monoisotopic (exact) mass is 341 g/mol. The maximum absolute atomic E-state index is 12.4. The van der Waals surface area contributed by atoms with Crippen LogP contribution >= 0.6 is 0 Å². The summed E-state index contributed by atoms with van der Waals surface area (Å²) < 4.78 is 10.8. The van der Waals surface area contributed by atoms with Crippen molar-refractivity contribution in [2.45, 2.75) is 32.3 Å². The molecule has 1 heterocycles. The number of rotatable bonds is 6. The number of hydrogen-bond donors (Lipinski definition) is 0. The van der Waals surface area contributed by atoms with Gasteiger partial charge in [0.05, 0.1) is 5.92 Å². The van der Waals surface area contributed by atoms with Crippen molar-refractivity contribution in [2.24, 2.45) is 11.8 Å². The molecule has 5 heteroatoms. The van der Waals surface area contributed by atoms with Crippen LogP contribution in [0.3, 0.4) is 0 Å². The van der Waals surface area contributed by atoms with Crippen molar-refractivity contribution in [3.8, 4) is 18.1 Å². The summed E-state index contributed by atoms with van der Waals surface area (Å²) in [6, 6.07) is 7.34. The van der Waals surface area contributed by atoms with Crippen LogP contribution in [-0.2, 0) is 20.9 Å². The minimum atomic E-state index is -0.233. The Morgan fingerprint density at radius 2 is 2.08 bits per heavy atom. The summed E-state index contributed by atoms with van der Waals surface area (Å²) in [7, 11) is 0. The van der Waals surface area contributed by atoms with Crippen LogP contribution in [0.5, 0.6) is 5.75 Å². The second-order valence-electron chi connectivity index (χ2n) is 6.65. The summed E-state index contributed by atoms with van der Waals surface area (Å²) >= 11 is 0. The Morgan fingerprint density at radius 1 is 1.24 bits per heavy atom. The Hall–Kier alpha value is -2.48. The number of piperidine rings is 1. The first-order valence-electron chi connectivity index (χ1n) is 8.78. The second-order valence-corrected chi connectivity index (χ2v) is 6.65. The van der Waals surface area contributed by atoms with E-state index in [1.54, 1.807) is 0 Å². The van der Waals surface area contributed by atoms with Crippen LogP contribution in [0.2, 0.25) is 0 Å². The Balaban J connectivity index is 1.50. The minimum absolute atomic E-state index is 0.194. The van der Waals surface area contributed by atoms with E-state index in [1.165, 1.54) is 0 Å². The molecule has 3 rings (SSSR count). The average Bonchev–Trinajstić information content (AvgIpc) is 3.49. The molecule has 0 bridgehead atoms. The largest absolute Gasteiger partial charge is 0.481 e. The zero-order chi connectivity index (χ0) is 17.6. The van der Waals surface area contributed by atoms with Gasteiger partial charge < -0.3 is 14.4 Å². The van der Waals surface area contributed by atoms with Crippen LogP contribution < -0.4 is 4.74 Å². The number of benzene rings is 1. The van der Waals surface area contributed by atoms with Crippen molar-refractivity contribution in [1.82, 2.24) is 4.90 Å². The second kappa shape index (κ2) is 8.06.